The quantitative estimate of drug-likeness (QED) is 0.0412. The molecule has 0 saturated carbocycles. The number of ether oxygens (including phenoxy) is 1. The van der Waals surface area contributed by atoms with Gasteiger partial charge in [-0.2, -0.15) is 36.5 Å². The van der Waals surface area contributed by atoms with Crippen molar-refractivity contribution in [3.05, 3.63) is 151 Å². The highest BCUT2D eigenvalue weighted by Gasteiger charge is 2.33. The molecule has 0 atom stereocenters. The average Bonchev–Trinajstić information content (AvgIpc) is 4.02. The van der Waals surface area contributed by atoms with Gasteiger partial charge < -0.3 is 20.4 Å². The number of carboxylic acid groups (broad SMARTS) is 2. The van der Waals surface area contributed by atoms with Crippen molar-refractivity contribution in [2.45, 2.75) is 19.3 Å². The molecule has 0 radical (unpaired) electrons. The lowest BCUT2D eigenvalue weighted by atomic mass is 10.0. The van der Waals surface area contributed by atoms with E-state index in [0.717, 1.165) is 28.9 Å². The number of anilines is 1. The Balaban J connectivity index is 0.000000197. The maximum Gasteiger partial charge on any atom is 0.416 e. The number of nitrogen functional groups attached to an aromatic ring is 1. The van der Waals surface area contributed by atoms with Crippen LogP contribution in [-0.4, -0.2) is 74.0 Å². The Morgan fingerprint density at radius 3 is 1.85 bits per heavy atom. The number of alkyl halides is 6. The molecule has 0 saturated heterocycles. The van der Waals surface area contributed by atoms with Crippen LogP contribution < -0.4 is 16.8 Å². The monoisotopic (exact) mass is 1090 g/mol. The van der Waals surface area contributed by atoms with Gasteiger partial charge in [-0.25, -0.2) is 29.0 Å². The van der Waals surface area contributed by atoms with Crippen molar-refractivity contribution < 1.29 is 55.7 Å². The Labute approximate surface area is 427 Å². The minimum atomic E-state index is -4.59. The zero-order valence-corrected chi connectivity index (χ0v) is 40.5. The van der Waals surface area contributed by atoms with Crippen molar-refractivity contribution in [3.8, 4) is 28.2 Å². The third kappa shape index (κ3) is 11.2. The first-order valence-corrected chi connectivity index (χ1v) is 21.6. The van der Waals surface area contributed by atoms with E-state index in [1.54, 1.807) is 27.1 Å². The minimum Gasteiger partial charge on any atom is -0.478 e. The van der Waals surface area contributed by atoms with E-state index in [4.69, 9.17) is 50.5 Å². The number of carboxylic acids is 2. The lowest BCUT2D eigenvalue weighted by Crippen LogP contribution is -2.16. The molecule has 6 N–H and O–H groups in total. The van der Waals surface area contributed by atoms with Crippen molar-refractivity contribution in [2.75, 3.05) is 12.0 Å². The summed E-state index contributed by atoms with van der Waals surface area (Å²) in [6, 6.07) is 17.3. The van der Waals surface area contributed by atoms with Crippen LogP contribution in [-0.2, 0) is 31.2 Å². The molecule has 5 aromatic heterocycles. The van der Waals surface area contributed by atoms with Gasteiger partial charge in [0.05, 0.1) is 95.1 Å². The van der Waals surface area contributed by atoms with Crippen molar-refractivity contribution >= 4 is 104 Å². The Morgan fingerprint density at radius 2 is 1.30 bits per heavy atom. The maximum atomic E-state index is 13.5. The van der Waals surface area contributed by atoms with Crippen LogP contribution in [0.4, 0.5) is 32.0 Å². The highest BCUT2D eigenvalue weighted by atomic mass is 35.5. The molecule has 0 amide bonds. The molecule has 4 aromatic carbocycles. The Bertz CT molecular complexity index is 3670. The van der Waals surface area contributed by atoms with Gasteiger partial charge >= 0.3 is 30.3 Å². The third-order valence-electron chi connectivity index (χ3n) is 10.5. The predicted molar refractivity (Wildman–Crippen MR) is 262 cm³/mol. The van der Waals surface area contributed by atoms with Gasteiger partial charge in [0.1, 0.15) is 5.56 Å². The van der Waals surface area contributed by atoms with E-state index in [-0.39, 0.29) is 89.9 Å². The van der Waals surface area contributed by atoms with Crippen molar-refractivity contribution in [3.63, 3.8) is 0 Å². The zero-order chi connectivity index (χ0) is 52.6. The number of aromatic amines is 1. The smallest absolute Gasteiger partial charge is 0.416 e. The molecule has 9 rings (SSSR count). The van der Waals surface area contributed by atoms with E-state index in [1.165, 1.54) is 76.4 Å². The molecule has 0 unspecified atom stereocenters. The number of aryl methyl sites for hydroxylation is 2. The molecule has 0 fully saturated rings. The second kappa shape index (κ2) is 21.6. The summed E-state index contributed by atoms with van der Waals surface area (Å²) in [6.45, 7) is 1.70. The molecule has 0 spiro atoms. The summed E-state index contributed by atoms with van der Waals surface area (Å²) < 4.78 is 88.1. The summed E-state index contributed by atoms with van der Waals surface area (Å²) in [5.41, 5.74) is 1.49. The first-order chi connectivity index (χ1) is 33.9. The first-order valence-electron chi connectivity index (χ1n) is 20.5. The number of carbonyl (C=O) groups excluding carboxylic acids is 1. The number of H-pyrrole nitrogens is 1. The molecule has 9 aromatic rings. The molecule has 0 aliphatic rings. The number of halogens is 10. The van der Waals surface area contributed by atoms with Crippen LogP contribution in [0.5, 0.6) is 0 Å². The summed E-state index contributed by atoms with van der Waals surface area (Å²) in [5, 5.41) is 30.2. The number of benzene rings is 4. The van der Waals surface area contributed by atoms with Crippen LogP contribution in [0, 0.1) is 0 Å². The number of aromatic nitrogens is 8. The molecule has 27 heteroatoms. The van der Waals surface area contributed by atoms with Gasteiger partial charge in [0.15, 0.2) is 11.3 Å². The molecule has 17 nitrogen and oxygen atoms in total. The number of pyridine rings is 2. The molecular weight excluding hydrogens is 1060 g/mol. The topological polar surface area (TPSA) is 238 Å². The van der Waals surface area contributed by atoms with E-state index in [2.05, 4.69) is 30.7 Å². The Hall–Kier alpha value is -7.70. The summed E-state index contributed by atoms with van der Waals surface area (Å²) in [6.07, 6.45) is -6.21. The highest BCUT2D eigenvalue weighted by Crippen LogP contribution is 2.38. The van der Waals surface area contributed by atoms with Gasteiger partial charge in [0, 0.05) is 30.9 Å². The number of nitrogens with two attached hydrogens (primary N) is 1. The summed E-state index contributed by atoms with van der Waals surface area (Å²) in [7, 11) is 3.23. The van der Waals surface area contributed by atoms with E-state index in [1.807, 2.05) is 0 Å². The SMILES string of the molecule is CCOC(=O)c1c(-c2cccc(C(F)(F)F)c2)nc2c(cnn2C)c1Cl.Cl.Cn1ncc2c3[nH]n(-c4cc(C(=O)O)ccc4Cl)c(=O)c3c(-c3cccc(C(F)(F)F)c3)nc21.NNc1ccc(Cl)c(C(=O)O)c1. The fourth-order valence-corrected chi connectivity index (χ4v) is 7.83. The van der Waals surface area contributed by atoms with Crippen molar-refractivity contribution in [1.29, 1.82) is 0 Å². The molecular formula is C46H34Cl4F6N10O7. The zero-order valence-electron chi connectivity index (χ0n) is 37.4. The van der Waals surface area contributed by atoms with Crippen LogP contribution in [0.1, 0.15) is 49.1 Å². The number of carbonyl (C=O) groups is 3. The summed E-state index contributed by atoms with van der Waals surface area (Å²) >= 11 is 18.2. The van der Waals surface area contributed by atoms with Gasteiger partial charge in [-0.1, -0.05) is 59.1 Å². The number of rotatable bonds is 8. The number of hydrazine groups is 1. The second-order valence-corrected chi connectivity index (χ2v) is 16.3. The lowest BCUT2D eigenvalue weighted by Gasteiger charge is -2.13. The lowest BCUT2D eigenvalue weighted by molar-refractivity contribution is -0.138. The number of esters is 1. The van der Waals surface area contributed by atoms with Gasteiger partial charge in [-0.05, 0) is 67.6 Å². The normalized spacial score (nSPS) is 11.4. The van der Waals surface area contributed by atoms with Gasteiger partial charge in [0.2, 0.25) is 0 Å². The average molecular weight is 1090 g/mol. The number of aromatic carboxylic acids is 2. The first kappa shape index (κ1) is 54.6. The summed E-state index contributed by atoms with van der Waals surface area (Å²) in [4.78, 5) is 56.7. The number of hydrogen-bond acceptors (Lipinski definition) is 11. The maximum absolute atomic E-state index is 13.5. The molecule has 5 heterocycles. The standard InChI is InChI=1S/C22H13ClF3N5O3.C17H13ClF3N3O2.C7H7ClN2O2.ClH/c1-30-19-13(9-27-30)18-16(17(28-19)10-3-2-4-12(7-10)22(24,25)26)20(32)31(29-18)15-8-11(21(33)34)5-6-14(15)23;1-3-26-16(25)12-13(18)11-8-22-24(2)15(11)23-14(12)9-5-4-6-10(7-9)17(19,20)21;8-6-2-1-4(10-9)3-5(6)7(11)12;/h2-9,29H,1H3,(H,33,34);4-8H,3H2,1-2H3;1-3,10H,9H2,(H,11,12);1H. The molecule has 380 valence electrons. The van der Waals surface area contributed by atoms with Gasteiger partial charge in [-0.15, -0.1) is 12.4 Å². The van der Waals surface area contributed by atoms with E-state index >= 15 is 0 Å². The molecule has 0 bridgehead atoms. The minimum absolute atomic E-state index is 0. The molecule has 0 aliphatic carbocycles. The van der Waals surface area contributed by atoms with Crippen LogP contribution in [0.25, 0.3) is 61.2 Å². The van der Waals surface area contributed by atoms with Crippen LogP contribution in [0.2, 0.25) is 15.1 Å². The molecule has 0 aliphatic heterocycles. The Morgan fingerprint density at radius 1 is 0.753 bits per heavy atom. The second-order valence-electron chi connectivity index (χ2n) is 15.1. The highest BCUT2D eigenvalue weighted by molar-refractivity contribution is 6.39. The van der Waals surface area contributed by atoms with Crippen LogP contribution in [0.3, 0.4) is 0 Å². The fraction of sp³-hybridized carbons (Fsp3) is 0.130. The fourth-order valence-electron chi connectivity index (χ4n) is 7.13. The Kier molecular flexibility index (Phi) is 16.1. The van der Waals surface area contributed by atoms with Crippen molar-refractivity contribution in [2.24, 2.45) is 19.9 Å². The number of nitrogens with one attached hydrogen (secondary N) is 2. The van der Waals surface area contributed by atoms with Gasteiger partial charge in [0.25, 0.3) is 5.56 Å². The molecule has 73 heavy (non-hydrogen) atoms. The van der Waals surface area contributed by atoms with E-state index in [0.29, 0.717) is 27.8 Å². The van der Waals surface area contributed by atoms with Gasteiger partial charge in [-0.3, -0.25) is 25.1 Å². The van der Waals surface area contributed by atoms with Crippen molar-refractivity contribution in [1.82, 2.24) is 39.3 Å². The van der Waals surface area contributed by atoms with E-state index < -0.39 is 46.9 Å². The van der Waals surface area contributed by atoms with E-state index in [9.17, 15) is 50.6 Å². The predicted octanol–water partition coefficient (Wildman–Crippen LogP) is 10.9. The number of hydrogen-bond donors (Lipinski definition) is 5. The summed E-state index contributed by atoms with van der Waals surface area (Å²) in [5.74, 6) is 2.03. The number of fused-ring (bicyclic) bond motifs is 4. The third-order valence-corrected chi connectivity index (χ3v) is 11.6. The van der Waals surface area contributed by atoms with Crippen LogP contribution in [0.15, 0.2) is 102 Å². The largest absolute Gasteiger partial charge is 0.478 e. The number of nitrogens with zero attached hydrogens (tertiary/aromatic N) is 7. The van der Waals surface area contributed by atoms with Crippen LogP contribution >= 0.6 is 47.2 Å².